The molecule has 0 saturated heterocycles. The topological polar surface area (TPSA) is 65.4 Å². The van der Waals surface area contributed by atoms with Crippen LogP contribution in [0.1, 0.15) is 37.3 Å². The SMILES string of the molecule is CCOc1ccc(Cn2cc(NC(=O)C3CC3c3ccc(Cl)cc3)cn2)cc1OCC. The first kappa shape index (κ1) is 21.2. The van der Waals surface area contributed by atoms with E-state index in [4.69, 9.17) is 21.1 Å². The van der Waals surface area contributed by atoms with Gasteiger partial charge in [0.1, 0.15) is 0 Å². The van der Waals surface area contributed by atoms with Gasteiger partial charge in [-0.15, -0.1) is 0 Å². The lowest BCUT2D eigenvalue weighted by Gasteiger charge is -2.12. The predicted molar refractivity (Wildman–Crippen MR) is 121 cm³/mol. The summed E-state index contributed by atoms with van der Waals surface area (Å²) in [7, 11) is 0. The van der Waals surface area contributed by atoms with Crippen LogP contribution in [0.5, 0.6) is 11.5 Å². The number of amides is 1. The van der Waals surface area contributed by atoms with Crippen molar-refractivity contribution in [2.75, 3.05) is 18.5 Å². The van der Waals surface area contributed by atoms with E-state index < -0.39 is 0 Å². The van der Waals surface area contributed by atoms with Crippen molar-refractivity contribution >= 4 is 23.2 Å². The van der Waals surface area contributed by atoms with E-state index in [9.17, 15) is 4.79 Å². The maximum absolute atomic E-state index is 12.6. The molecule has 1 aliphatic carbocycles. The highest BCUT2D eigenvalue weighted by molar-refractivity contribution is 6.30. The Morgan fingerprint density at radius 3 is 2.61 bits per heavy atom. The summed E-state index contributed by atoms with van der Waals surface area (Å²) in [5.41, 5.74) is 2.89. The molecule has 7 heteroatoms. The molecule has 2 unspecified atom stereocenters. The number of carbonyl (C=O) groups excluding carboxylic acids is 1. The van der Waals surface area contributed by atoms with Gasteiger partial charge in [0.15, 0.2) is 11.5 Å². The summed E-state index contributed by atoms with van der Waals surface area (Å²) < 4.78 is 13.1. The zero-order valence-corrected chi connectivity index (χ0v) is 18.4. The fraction of sp³-hybridized carbons (Fsp3) is 0.333. The van der Waals surface area contributed by atoms with E-state index in [1.165, 1.54) is 0 Å². The second-order valence-electron chi connectivity index (χ2n) is 7.56. The number of rotatable bonds is 9. The quantitative estimate of drug-likeness (QED) is 0.502. The Morgan fingerprint density at radius 2 is 1.87 bits per heavy atom. The van der Waals surface area contributed by atoms with Crippen molar-refractivity contribution in [2.45, 2.75) is 32.7 Å². The van der Waals surface area contributed by atoms with Crippen LogP contribution in [-0.4, -0.2) is 28.9 Å². The molecule has 0 spiro atoms. The van der Waals surface area contributed by atoms with Crippen LogP contribution in [0.15, 0.2) is 54.9 Å². The van der Waals surface area contributed by atoms with Crippen LogP contribution in [-0.2, 0) is 11.3 Å². The Kier molecular flexibility index (Phi) is 6.47. The van der Waals surface area contributed by atoms with E-state index in [-0.39, 0.29) is 17.7 Å². The third kappa shape index (κ3) is 5.20. The van der Waals surface area contributed by atoms with E-state index in [2.05, 4.69) is 10.4 Å². The van der Waals surface area contributed by atoms with Crippen molar-refractivity contribution in [1.82, 2.24) is 9.78 Å². The van der Waals surface area contributed by atoms with Crippen molar-refractivity contribution in [2.24, 2.45) is 5.92 Å². The number of nitrogens with one attached hydrogen (secondary N) is 1. The van der Waals surface area contributed by atoms with Gasteiger partial charge < -0.3 is 14.8 Å². The second-order valence-corrected chi connectivity index (χ2v) is 8.00. The number of nitrogens with zero attached hydrogens (tertiary/aromatic N) is 2. The van der Waals surface area contributed by atoms with Gasteiger partial charge in [0, 0.05) is 17.1 Å². The first-order valence-corrected chi connectivity index (χ1v) is 10.9. The monoisotopic (exact) mass is 439 g/mol. The minimum atomic E-state index is -0.00983. The summed E-state index contributed by atoms with van der Waals surface area (Å²) in [5, 5.41) is 8.07. The largest absolute Gasteiger partial charge is 0.490 e. The van der Waals surface area contributed by atoms with Gasteiger partial charge in [-0.3, -0.25) is 9.48 Å². The van der Waals surface area contributed by atoms with E-state index in [0.717, 1.165) is 29.0 Å². The van der Waals surface area contributed by atoms with Crippen LogP contribution in [0.4, 0.5) is 5.69 Å². The number of aromatic nitrogens is 2. The first-order chi connectivity index (χ1) is 15.1. The Labute approximate surface area is 187 Å². The Hall–Kier alpha value is -2.99. The molecule has 1 saturated carbocycles. The van der Waals surface area contributed by atoms with Gasteiger partial charge in [0.2, 0.25) is 5.91 Å². The van der Waals surface area contributed by atoms with Crippen LogP contribution in [0, 0.1) is 5.92 Å². The van der Waals surface area contributed by atoms with E-state index >= 15 is 0 Å². The molecular weight excluding hydrogens is 414 g/mol. The molecule has 0 bridgehead atoms. The molecule has 2 atom stereocenters. The van der Waals surface area contributed by atoms with E-state index in [1.54, 1.807) is 10.9 Å². The average molecular weight is 440 g/mol. The number of carbonyl (C=O) groups is 1. The third-order valence-electron chi connectivity index (χ3n) is 5.28. The zero-order chi connectivity index (χ0) is 21.8. The molecule has 6 nitrogen and oxygen atoms in total. The van der Waals surface area contributed by atoms with Gasteiger partial charge in [0.25, 0.3) is 0 Å². The second kappa shape index (κ2) is 9.43. The summed E-state index contributed by atoms with van der Waals surface area (Å²) in [6.07, 6.45) is 4.37. The molecule has 3 aromatic rings. The van der Waals surface area contributed by atoms with Gasteiger partial charge in [-0.25, -0.2) is 0 Å². The number of benzene rings is 2. The first-order valence-electron chi connectivity index (χ1n) is 10.5. The normalized spacial score (nSPS) is 17.3. The number of hydrogen-bond donors (Lipinski definition) is 1. The van der Waals surface area contributed by atoms with Crippen LogP contribution in [0.25, 0.3) is 0 Å². The molecule has 1 heterocycles. The Morgan fingerprint density at radius 1 is 1.13 bits per heavy atom. The Balaban J connectivity index is 1.36. The van der Waals surface area contributed by atoms with Crippen molar-refractivity contribution < 1.29 is 14.3 Å². The van der Waals surface area contributed by atoms with Crippen LogP contribution >= 0.6 is 11.6 Å². The maximum Gasteiger partial charge on any atom is 0.228 e. The van der Waals surface area contributed by atoms with Gasteiger partial charge in [-0.05, 0) is 61.6 Å². The lowest BCUT2D eigenvalue weighted by atomic mass is 10.1. The maximum atomic E-state index is 12.6. The fourth-order valence-corrected chi connectivity index (χ4v) is 3.82. The summed E-state index contributed by atoms with van der Waals surface area (Å²) in [6.45, 7) is 5.62. The lowest BCUT2D eigenvalue weighted by Crippen LogP contribution is -2.14. The van der Waals surface area contributed by atoms with Gasteiger partial charge in [-0.1, -0.05) is 29.8 Å². The highest BCUT2D eigenvalue weighted by atomic mass is 35.5. The minimum Gasteiger partial charge on any atom is -0.490 e. The summed E-state index contributed by atoms with van der Waals surface area (Å²) in [5.74, 6) is 1.74. The molecule has 2 aromatic carbocycles. The summed E-state index contributed by atoms with van der Waals surface area (Å²) in [6, 6.07) is 13.6. The highest BCUT2D eigenvalue weighted by Crippen LogP contribution is 2.48. The fourth-order valence-electron chi connectivity index (χ4n) is 3.69. The molecule has 1 aromatic heterocycles. The van der Waals surface area contributed by atoms with Crippen molar-refractivity contribution in [1.29, 1.82) is 0 Å². The number of anilines is 1. The minimum absolute atomic E-state index is 0.00983. The van der Waals surface area contributed by atoms with Crippen LogP contribution in [0.2, 0.25) is 5.02 Å². The molecular formula is C24H26ClN3O3. The van der Waals surface area contributed by atoms with Crippen molar-refractivity contribution in [3.8, 4) is 11.5 Å². The van der Waals surface area contributed by atoms with Crippen molar-refractivity contribution in [3.63, 3.8) is 0 Å². The molecule has 1 N–H and O–H groups in total. The van der Waals surface area contributed by atoms with Crippen LogP contribution in [0.3, 0.4) is 0 Å². The average Bonchev–Trinajstić information content (AvgIpc) is 3.45. The number of hydrogen-bond acceptors (Lipinski definition) is 4. The molecule has 4 rings (SSSR count). The standard InChI is InChI=1S/C24H26ClN3O3/c1-3-30-22-10-5-16(11-23(22)31-4-2)14-28-15-19(13-26-28)27-24(29)21-12-20(21)17-6-8-18(25)9-7-17/h5-11,13,15,20-21H,3-4,12,14H2,1-2H3,(H,27,29). The molecule has 1 aliphatic rings. The zero-order valence-electron chi connectivity index (χ0n) is 17.7. The predicted octanol–water partition coefficient (Wildman–Crippen LogP) is 5.12. The Bertz CT molecular complexity index is 1050. The molecule has 162 valence electrons. The third-order valence-corrected chi connectivity index (χ3v) is 5.53. The van der Waals surface area contributed by atoms with E-state index in [0.29, 0.717) is 30.5 Å². The lowest BCUT2D eigenvalue weighted by molar-refractivity contribution is -0.117. The molecule has 1 amide bonds. The summed E-state index contributed by atoms with van der Waals surface area (Å²) >= 11 is 5.95. The summed E-state index contributed by atoms with van der Waals surface area (Å²) in [4.78, 5) is 12.6. The molecule has 1 fully saturated rings. The smallest absolute Gasteiger partial charge is 0.228 e. The molecule has 0 aliphatic heterocycles. The number of halogens is 1. The van der Waals surface area contributed by atoms with Crippen LogP contribution < -0.4 is 14.8 Å². The molecule has 0 radical (unpaired) electrons. The molecule has 31 heavy (non-hydrogen) atoms. The van der Waals surface area contributed by atoms with Gasteiger partial charge >= 0.3 is 0 Å². The van der Waals surface area contributed by atoms with Gasteiger partial charge in [-0.2, -0.15) is 5.10 Å². The van der Waals surface area contributed by atoms with E-state index in [1.807, 2.05) is 62.5 Å². The van der Waals surface area contributed by atoms with Crippen molar-refractivity contribution in [3.05, 3.63) is 71.0 Å². The number of ether oxygens (including phenoxy) is 2. The van der Waals surface area contributed by atoms with Gasteiger partial charge in [0.05, 0.1) is 31.6 Å². The highest BCUT2D eigenvalue weighted by Gasteiger charge is 2.43.